The third kappa shape index (κ3) is 20.8. The van der Waals surface area contributed by atoms with Crippen LogP contribution in [0.4, 0.5) is 0 Å². The van der Waals surface area contributed by atoms with Crippen LogP contribution in [0.1, 0.15) is 174 Å². The van der Waals surface area contributed by atoms with Gasteiger partial charge >= 0.3 is 11.9 Å². The van der Waals surface area contributed by atoms with Crippen LogP contribution in [0.25, 0.3) is 12.2 Å². The second-order valence-electron chi connectivity index (χ2n) is 13.0. The monoisotopic (exact) mass is 656 g/mol. The number of rotatable bonds is 28. The van der Waals surface area contributed by atoms with Gasteiger partial charge in [-0.2, -0.15) is 0 Å². The Balaban J connectivity index is 1.55. The zero-order valence-corrected chi connectivity index (χ0v) is 30.3. The van der Waals surface area contributed by atoms with Crippen molar-refractivity contribution in [2.75, 3.05) is 13.2 Å². The molecule has 48 heavy (non-hydrogen) atoms. The van der Waals surface area contributed by atoms with E-state index >= 15 is 0 Å². The molecule has 4 nitrogen and oxygen atoms in total. The van der Waals surface area contributed by atoms with E-state index in [1.807, 2.05) is 85.0 Å². The summed E-state index contributed by atoms with van der Waals surface area (Å²) in [7, 11) is 0. The largest absolute Gasteiger partial charge is 0.462 e. The highest BCUT2D eigenvalue weighted by Gasteiger charge is 2.07. The summed E-state index contributed by atoms with van der Waals surface area (Å²) in [6.45, 7) is 5.49. The topological polar surface area (TPSA) is 52.6 Å². The third-order valence-corrected chi connectivity index (χ3v) is 8.67. The van der Waals surface area contributed by atoms with E-state index in [9.17, 15) is 9.59 Å². The molecule has 0 fully saturated rings. The molecule has 4 heteroatoms. The Morgan fingerprint density at radius 1 is 0.417 bits per heavy atom. The van der Waals surface area contributed by atoms with Crippen molar-refractivity contribution in [3.63, 3.8) is 0 Å². The van der Waals surface area contributed by atoms with Crippen molar-refractivity contribution in [3.05, 3.63) is 95.1 Å². The van der Waals surface area contributed by atoms with Crippen molar-refractivity contribution >= 4 is 24.1 Å². The molecular weight excluding hydrogens is 592 g/mol. The van der Waals surface area contributed by atoms with Crippen molar-refractivity contribution in [2.24, 2.45) is 0 Å². The lowest BCUT2D eigenvalue weighted by Gasteiger charge is -2.05. The molecule has 264 valence electrons. The second-order valence-corrected chi connectivity index (χ2v) is 13.0. The van der Waals surface area contributed by atoms with E-state index in [4.69, 9.17) is 9.47 Å². The number of hydrogen-bond donors (Lipinski definition) is 0. The van der Waals surface area contributed by atoms with Crippen molar-refractivity contribution in [3.8, 4) is 0 Å². The summed E-state index contributed by atoms with van der Waals surface area (Å²) in [6.07, 6.45) is 37.1. The summed E-state index contributed by atoms with van der Waals surface area (Å²) >= 11 is 0. The molecule has 2 aromatic carbocycles. The molecule has 0 aliphatic rings. The quantitative estimate of drug-likeness (QED) is 0.0519. The first kappa shape index (κ1) is 40.8. The zero-order chi connectivity index (χ0) is 34.3. The van der Waals surface area contributed by atoms with Crippen molar-refractivity contribution < 1.29 is 19.1 Å². The fourth-order valence-corrected chi connectivity index (χ4v) is 5.60. The van der Waals surface area contributed by atoms with Crippen LogP contribution >= 0.6 is 0 Å². The zero-order valence-electron chi connectivity index (χ0n) is 30.3. The smallest absolute Gasteiger partial charge is 0.338 e. The van der Waals surface area contributed by atoms with Crippen LogP contribution < -0.4 is 0 Å². The predicted octanol–water partition coefficient (Wildman–Crippen LogP) is 13.1. The van der Waals surface area contributed by atoms with E-state index in [0.717, 1.165) is 36.8 Å². The number of carbonyl (C=O) groups is 2. The lowest BCUT2D eigenvalue weighted by molar-refractivity contribution is 0.0488. The standard InChI is InChI=1S/C44H64O4/c1-3-5-7-9-11-13-15-17-21-25-37-47-43(45)41-33-29-39(30-34-41)27-23-19-20-24-28-40-31-35-42(36-32-40)44(46)48-38-26-22-18-16-14-12-10-8-6-4-2/h19-20,23-24,27-36H,3-18,21-22,25-26,37-38H2,1-2H3/b20-19+,27-23+,28-24+. The highest BCUT2D eigenvalue weighted by Crippen LogP contribution is 2.14. The Kier molecular flexibility index (Phi) is 24.3. The van der Waals surface area contributed by atoms with Crippen LogP contribution in [0.15, 0.2) is 72.8 Å². The average molecular weight is 657 g/mol. The number of carbonyl (C=O) groups excluding carboxylic acids is 2. The van der Waals surface area contributed by atoms with Gasteiger partial charge in [0.25, 0.3) is 0 Å². The Morgan fingerprint density at radius 3 is 1.02 bits per heavy atom. The van der Waals surface area contributed by atoms with Gasteiger partial charge in [0.05, 0.1) is 24.3 Å². The Morgan fingerprint density at radius 2 is 0.708 bits per heavy atom. The van der Waals surface area contributed by atoms with E-state index < -0.39 is 0 Å². The molecule has 2 rings (SSSR count). The molecule has 2 aromatic rings. The maximum atomic E-state index is 12.4. The maximum absolute atomic E-state index is 12.4. The molecule has 0 atom stereocenters. The van der Waals surface area contributed by atoms with E-state index in [-0.39, 0.29) is 11.9 Å². The van der Waals surface area contributed by atoms with Crippen LogP contribution in [0.2, 0.25) is 0 Å². The molecule has 0 heterocycles. The number of ether oxygens (including phenoxy) is 2. The van der Waals surface area contributed by atoms with Gasteiger partial charge in [-0.25, -0.2) is 9.59 Å². The van der Waals surface area contributed by atoms with Gasteiger partial charge in [0.1, 0.15) is 0 Å². The molecule has 0 unspecified atom stereocenters. The van der Waals surface area contributed by atoms with Crippen LogP contribution in [0.3, 0.4) is 0 Å². The van der Waals surface area contributed by atoms with Crippen LogP contribution in [0.5, 0.6) is 0 Å². The number of allylic oxidation sites excluding steroid dienone is 4. The Labute approximate surface area is 293 Å². The van der Waals surface area contributed by atoms with Crippen molar-refractivity contribution in [1.29, 1.82) is 0 Å². The van der Waals surface area contributed by atoms with E-state index in [1.165, 1.54) is 103 Å². The number of hydrogen-bond acceptors (Lipinski definition) is 4. The van der Waals surface area contributed by atoms with Gasteiger partial charge in [0.2, 0.25) is 0 Å². The molecule has 0 amide bonds. The summed E-state index contributed by atoms with van der Waals surface area (Å²) in [5, 5.41) is 0. The van der Waals surface area contributed by atoms with Crippen LogP contribution in [-0.2, 0) is 9.47 Å². The third-order valence-electron chi connectivity index (χ3n) is 8.67. The molecule has 0 aliphatic heterocycles. The predicted molar refractivity (Wildman–Crippen MR) is 204 cm³/mol. The molecule has 0 N–H and O–H groups in total. The van der Waals surface area contributed by atoms with Crippen molar-refractivity contribution in [1.82, 2.24) is 0 Å². The molecule has 0 spiro atoms. The number of benzene rings is 2. The summed E-state index contributed by atoms with van der Waals surface area (Å²) < 4.78 is 10.9. The normalized spacial score (nSPS) is 11.6. The highest BCUT2D eigenvalue weighted by molar-refractivity contribution is 5.90. The van der Waals surface area contributed by atoms with E-state index in [2.05, 4.69) is 13.8 Å². The van der Waals surface area contributed by atoms with Gasteiger partial charge < -0.3 is 9.47 Å². The summed E-state index contributed by atoms with van der Waals surface area (Å²) in [4.78, 5) is 24.7. The molecule has 0 aromatic heterocycles. The highest BCUT2D eigenvalue weighted by atomic mass is 16.5. The molecule has 0 radical (unpaired) electrons. The minimum absolute atomic E-state index is 0.249. The lowest BCUT2D eigenvalue weighted by atomic mass is 10.1. The Bertz CT molecular complexity index is 1080. The molecule has 0 saturated carbocycles. The minimum Gasteiger partial charge on any atom is -0.462 e. The van der Waals surface area contributed by atoms with Gasteiger partial charge in [-0.15, -0.1) is 0 Å². The van der Waals surface area contributed by atoms with Gasteiger partial charge in [-0.05, 0) is 48.2 Å². The van der Waals surface area contributed by atoms with E-state index in [0.29, 0.717) is 24.3 Å². The lowest BCUT2D eigenvalue weighted by Crippen LogP contribution is -2.06. The average Bonchev–Trinajstić information content (AvgIpc) is 3.11. The Hall–Kier alpha value is -3.40. The van der Waals surface area contributed by atoms with E-state index in [1.54, 1.807) is 0 Å². The van der Waals surface area contributed by atoms with Crippen LogP contribution in [0, 0.1) is 0 Å². The minimum atomic E-state index is -0.249. The molecule has 0 bridgehead atoms. The van der Waals surface area contributed by atoms with Gasteiger partial charge in [0.15, 0.2) is 0 Å². The maximum Gasteiger partial charge on any atom is 0.338 e. The van der Waals surface area contributed by atoms with Gasteiger partial charge in [-0.1, -0.05) is 190 Å². The second kappa shape index (κ2) is 28.6. The fraction of sp³-hybridized carbons (Fsp3) is 0.545. The molecular formula is C44H64O4. The molecule has 0 aliphatic carbocycles. The summed E-state index contributed by atoms with van der Waals surface area (Å²) in [5.41, 5.74) is 3.22. The van der Waals surface area contributed by atoms with Crippen molar-refractivity contribution in [2.45, 2.75) is 142 Å². The van der Waals surface area contributed by atoms with Crippen LogP contribution in [-0.4, -0.2) is 25.2 Å². The first-order chi connectivity index (χ1) is 23.6. The SMILES string of the molecule is CCCCCCCCCCCCOC(=O)c1ccc(/C=C/C=C/C=C/c2ccc(C(=O)OCCCCCCCCCCCC)cc2)cc1. The summed E-state index contributed by atoms with van der Waals surface area (Å²) in [6, 6.07) is 15.0. The number of unbranched alkanes of at least 4 members (excludes halogenated alkanes) is 18. The van der Waals surface area contributed by atoms with Gasteiger partial charge in [0, 0.05) is 0 Å². The first-order valence-electron chi connectivity index (χ1n) is 19.2. The fourth-order valence-electron chi connectivity index (χ4n) is 5.60. The number of esters is 2. The van der Waals surface area contributed by atoms with Gasteiger partial charge in [-0.3, -0.25) is 0 Å². The first-order valence-corrected chi connectivity index (χ1v) is 19.2. The molecule has 0 saturated heterocycles. The summed E-state index contributed by atoms with van der Waals surface area (Å²) in [5.74, 6) is -0.499.